The van der Waals surface area contributed by atoms with Crippen molar-refractivity contribution < 1.29 is 0 Å². The molecule has 1 aliphatic rings. The van der Waals surface area contributed by atoms with Crippen LogP contribution in [0.15, 0.2) is 28.7 Å². The van der Waals surface area contributed by atoms with E-state index in [9.17, 15) is 0 Å². The van der Waals surface area contributed by atoms with E-state index >= 15 is 0 Å². The summed E-state index contributed by atoms with van der Waals surface area (Å²) in [4.78, 5) is 0. The van der Waals surface area contributed by atoms with Crippen LogP contribution in [0.25, 0.3) is 0 Å². The Bertz CT molecular complexity index is 323. The Hall–Kier alpha value is -0.0500. The van der Waals surface area contributed by atoms with Crippen LogP contribution in [0.4, 0.5) is 0 Å². The van der Waals surface area contributed by atoms with Gasteiger partial charge in [0.25, 0.3) is 0 Å². The fourth-order valence-electron chi connectivity index (χ4n) is 1.45. The molecule has 0 bridgehead atoms. The van der Waals surface area contributed by atoms with E-state index < -0.39 is 0 Å². The molecule has 1 aliphatic carbocycles. The summed E-state index contributed by atoms with van der Waals surface area (Å²) in [6.07, 6.45) is 2.43. The number of benzene rings is 1. The summed E-state index contributed by atoms with van der Waals surface area (Å²) < 4.78 is 1.13. The van der Waals surface area contributed by atoms with Crippen LogP contribution in [0.3, 0.4) is 0 Å². The van der Waals surface area contributed by atoms with Crippen molar-refractivity contribution in [2.75, 3.05) is 5.88 Å². The standard InChI is InChI=1S/C11H13BrClN/c12-10-3-1-2-9(6-10)7-14-11(8-13)4-5-11/h1-3,6,14H,4-5,7-8H2. The fourth-order valence-corrected chi connectivity index (χ4v) is 2.25. The lowest BCUT2D eigenvalue weighted by Crippen LogP contribution is -2.32. The number of halogens is 2. The summed E-state index contributed by atoms with van der Waals surface area (Å²) in [6, 6.07) is 8.36. The molecule has 76 valence electrons. The van der Waals surface area contributed by atoms with Gasteiger partial charge in [-0.2, -0.15) is 0 Å². The molecule has 1 N–H and O–H groups in total. The topological polar surface area (TPSA) is 12.0 Å². The van der Waals surface area contributed by atoms with Gasteiger partial charge in [-0.25, -0.2) is 0 Å². The zero-order chi connectivity index (χ0) is 10.0. The average molecular weight is 275 g/mol. The highest BCUT2D eigenvalue weighted by Crippen LogP contribution is 2.36. The molecule has 2 rings (SSSR count). The van der Waals surface area contributed by atoms with Crippen molar-refractivity contribution in [2.24, 2.45) is 0 Å². The van der Waals surface area contributed by atoms with E-state index in [1.54, 1.807) is 0 Å². The van der Waals surface area contributed by atoms with E-state index in [-0.39, 0.29) is 5.54 Å². The lowest BCUT2D eigenvalue weighted by Gasteiger charge is -2.13. The second-order valence-corrected chi connectivity index (χ2v) is 5.08. The molecule has 1 aromatic rings. The third-order valence-electron chi connectivity index (χ3n) is 2.67. The van der Waals surface area contributed by atoms with Crippen LogP contribution in [0.5, 0.6) is 0 Å². The Balaban J connectivity index is 1.92. The Morgan fingerprint density at radius 3 is 2.79 bits per heavy atom. The third-order valence-corrected chi connectivity index (χ3v) is 3.67. The summed E-state index contributed by atoms with van der Waals surface area (Å²) in [6.45, 7) is 0.909. The van der Waals surface area contributed by atoms with E-state index in [0.717, 1.165) is 16.9 Å². The number of hydrogen-bond acceptors (Lipinski definition) is 1. The molecule has 1 saturated carbocycles. The first-order chi connectivity index (χ1) is 6.74. The van der Waals surface area contributed by atoms with Gasteiger partial charge in [-0.15, -0.1) is 11.6 Å². The maximum Gasteiger partial charge on any atom is 0.0406 e. The van der Waals surface area contributed by atoms with E-state index in [2.05, 4.69) is 39.4 Å². The molecule has 0 aliphatic heterocycles. The second-order valence-electron chi connectivity index (χ2n) is 3.90. The highest BCUT2D eigenvalue weighted by molar-refractivity contribution is 9.10. The molecule has 3 heteroatoms. The Kier molecular flexibility index (Phi) is 3.15. The SMILES string of the molecule is ClCC1(NCc2cccc(Br)c2)CC1. The fraction of sp³-hybridized carbons (Fsp3) is 0.455. The normalized spacial score (nSPS) is 18.1. The zero-order valence-corrected chi connectivity index (χ0v) is 10.2. The van der Waals surface area contributed by atoms with Crippen molar-refractivity contribution in [1.82, 2.24) is 5.32 Å². The Morgan fingerprint density at radius 2 is 2.21 bits per heavy atom. The summed E-state index contributed by atoms with van der Waals surface area (Å²) in [5, 5.41) is 3.51. The summed E-state index contributed by atoms with van der Waals surface area (Å²) >= 11 is 9.34. The molecule has 1 fully saturated rings. The van der Waals surface area contributed by atoms with Crippen LogP contribution in [0.2, 0.25) is 0 Å². The van der Waals surface area contributed by atoms with Crippen LogP contribution < -0.4 is 5.32 Å². The third kappa shape index (κ3) is 2.50. The van der Waals surface area contributed by atoms with Gasteiger partial charge >= 0.3 is 0 Å². The van der Waals surface area contributed by atoms with Crippen molar-refractivity contribution >= 4 is 27.5 Å². The molecule has 1 aromatic carbocycles. The molecule has 0 amide bonds. The van der Waals surface area contributed by atoms with Gasteiger partial charge in [-0.1, -0.05) is 28.1 Å². The van der Waals surface area contributed by atoms with Gasteiger partial charge in [0.05, 0.1) is 0 Å². The lowest BCUT2D eigenvalue weighted by molar-refractivity contribution is 0.543. The van der Waals surface area contributed by atoms with Crippen molar-refractivity contribution in [2.45, 2.75) is 24.9 Å². The molecule has 0 heterocycles. The van der Waals surface area contributed by atoms with Crippen molar-refractivity contribution in [3.05, 3.63) is 34.3 Å². The number of rotatable bonds is 4. The first-order valence-electron chi connectivity index (χ1n) is 4.80. The van der Waals surface area contributed by atoms with E-state index in [0.29, 0.717) is 0 Å². The van der Waals surface area contributed by atoms with Gasteiger partial charge in [-0.3, -0.25) is 0 Å². The van der Waals surface area contributed by atoms with Gasteiger partial charge in [0, 0.05) is 22.4 Å². The van der Waals surface area contributed by atoms with Gasteiger partial charge in [-0.05, 0) is 30.5 Å². The van der Waals surface area contributed by atoms with Gasteiger partial charge < -0.3 is 5.32 Å². The molecule has 0 atom stereocenters. The van der Waals surface area contributed by atoms with Gasteiger partial charge in [0.1, 0.15) is 0 Å². The number of nitrogens with one attached hydrogen (secondary N) is 1. The van der Waals surface area contributed by atoms with Gasteiger partial charge in [0.2, 0.25) is 0 Å². The maximum absolute atomic E-state index is 5.88. The minimum atomic E-state index is 0.240. The summed E-state index contributed by atoms with van der Waals surface area (Å²) in [7, 11) is 0. The van der Waals surface area contributed by atoms with E-state index in [1.165, 1.54) is 18.4 Å². The van der Waals surface area contributed by atoms with Crippen molar-refractivity contribution in [1.29, 1.82) is 0 Å². The monoisotopic (exact) mass is 273 g/mol. The second kappa shape index (κ2) is 4.21. The van der Waals surface area contributed by atoms with Crippen LogP contribution in [-0.4, -0.2) is 11.4 Å². The lowest BCUT2D eigenvalue weighted by atomic mass is 10.2. The summed E-state index contributed by atoms with van der Waals surface area (Å²) in [5.41, 5.74) is 1.54. The predicted molar refractivity (Wildman–Crippen MR) is 63.7 cm³/mol. The van der Waals surface area contributed by atoms with Gasteiger partial charge in [0.15, 0.2) is 0 Å². The minimum absolute atomic E-state index is 0.240. The predicted octanol–water partition coefficient (Wildman–Crippen LogP) is 3.31. The zero-order valence-electron chi connectivity index (χ0n) is 7.89. The van der Waals surface area contributed by atoms with Crippen LogP contribution >= 0.6 is 27.5 Å². The Morgan fingerprint density at radius 1 is 1.43 bits per heavy atom. The quantitative estimate of drug-likeness (QED) is 0.831. The molecule has 0 spiro atoms. The molecule has 0 unspecified atom stereocenters. The Labute approximate surface area is 98.0 Å². The first-order valence-corrected chi connectivity index (χ1v) is 6.12. The largest absolute Gasteiger partial charge is 0.306 e. The maximum atomic E-state index is 5.88. The van der Waals surface area contributed by atoms with E-state index in [4.69, 9.17) is 11.6 Å². The van der Waals surface area contributed by atoms with E-state index in [1.807, 2.05) is 6.07 Å². The van der Waals surface area contributed by atoms with Crippen LogP contribution in [0, 0.1) is 0 Å². The first kappa shape index (κ1) is 10.5. The molecule has 1 nitrogen and oxygen atoms in total. The summed E-state index contributed by atoms with van der Waals surface area (Å²) in [5.74, 6) is 0.723. The molecule has 0 radical (unpaired) electrons. The molecular formula is C11H13BrClN. The number of hydrogen-bond donors (Lipinski definition) is 1. The molecule has 0 saturated heterocycles. The van der Waals surface area contributed by atoms with Crippen LogP contribution in [0.1, 0.15) is 18.4 Å². The smallest absolute Gasteiger partial charge is 0.0406 e. The van der Waals surface area contributed by atoms with Crippen molar-refractivity contribution in [3.8, 4) is 0 Å². The minimum Gasteiger partial charge on any atom is -0.306 e. The van der Waals surface area contributed by atoms with Crippen LogP contribution in [-0.2, 0) is 6.54 Å². The average Bonchev–Trinajstić information content (AvgIpc) is 2.96. The number of alkyl halides is 1. The van der Waals surface area contributed by atoms with Crippen molar-refractivity contribution in [3.63, 3.8) is 0 Å². The molecule has 0 aromatic heterocycles. The highest BCUT2D eigenvalue weighted by atomic mass is 79.9. The highest BCUT2D eigenvalue weighted by Gasteiger charge is 2.40. The molecular weight excluding hydrogens is 261 g/mol. The molecule has 14 heavy (non-hydrogen) atoms.